The second-order valence-electron chi connectivity index (χ2n) is 9.07. The summed E-state index contributed by atoms with van der Waals surface area (Å²) in [5.74, 6) is 0.568. The molecule has 162 valence electrons. The molecule has 2 unspecified atom stereocenters. The second-order valence-corrected chi connectivity index (χ2v) is 10.1. The van der Waals surface area contributed by atoms with Gasteiger partial charge >= 0.3 is 0 Å². The average Bonchev–Trinajstić information content (AvgIpc) is 3.70. The number of piperazine rings is 1. The van der Waals surface area contributed by atoms with Gasteiger partial charge in [-0.2, -0.15) is 0 Å². The van der Waals surface area contributed by atoms with E-state index in [1.54, 1.807) is 11.3 Å². The van der Waals surface area contributed by atoms with E-state index in [4.69, 9.17) is 0 Å². The number of amides is 3. The topological polar surface area (TPSA) is 73.0 Å². The Morgan fingerprint density at radius 1 is 1.07 bits per heavy atom. The molecule has 0 spiro atoms. The fourth-order valence-electron chi connectivity index (χ4n) is 4.70. The molecule has 3 amide bonds. The minimum absolute atomic E-state index is 0.0583. The fourth-order valence-corrected chi connectivity index (χ4v) is 5.40. The molecular weight excluding hydrogens is 400 g/mol. The first-order valence-corrected chi connectivity index (χ1v) is 12.1. The lowest BCUT2D eigenvalue weighted by molar-refractivity contribution is -0.144. The van der Waals surface area contributed by atoms with Crippen molar-refractivity contribution in [3.8, 4) is 0 Å². The Bertz CT molecular complexity index is 799. The summed E-state index contributed by atoms with van der Waals surface area (Å²) in [6.07, 6.45) is 4.33. The minimum atomic E-state index is -0.431. The fraction of sp³-hybridized carbons (Fsp3) is 0.682. The van der Waals surface area contributed by atoms with Crippen molar-refractivity contribution in [2.24, 2.45) is 11.8 Å². The third-order valence-corrected chi connectivity index (χ3v) is 7.62. The molecule has 3 heterocycles. The van der Waals surface area contributed by atoms with Crippen LogP contribution >= 0.6 is 11.3 Å². The summed E-state index contributed by atoms with van der Waals surface area (Å²) in [7, 11) is 0. The summed E-state index contributed by atoms with van der Waals surface area (Å²) in [6, 6.07) is 3.55. The number of nitrogens with zero attached hydrogens (tertiary/aromatic N) is 3. The number of carbonyl (C=O) groups excluding carboxylic acids is 3. The molecular formula is C22H30N4O3S. The highest BCUT2D eigenvalue weighted by molar-refractivity contribution is 7.09. The number of likely N-dealkylation sites (tertiary alicyclic amines) is 1. The van der Waals surface area contributed by atoms with Crippen LogP contribution in [0.2, 0.25) is 0 Å². The van der Waals surface area contributed by atoms with E-state index in [0.717, 1.165) is 43.6 Å². The van der Waals surface area contributed by atoms with Crippen LogP contribution in [0.15, 0.2) is 17.5 Å². The third-order valence-electron chi connectivity index (χ3n) is 6.76. The molecule has 5 rings (SSSR count). The minimum Gasteiger partial charge on any atom is -0.338 e. The number of rotatable bonds is 6. The van der Waals surface area contributed by atoms with E-state index in [1.165, 1.54) is 0 Å². The quantitative estimate of drug-likeness (QED) is 0.738. The highest BCUT2D eigenvalue weighted by atomic mass is 32.1. The Hall–Kier alpha value is -1.93. The smallest absolute Gasteiger partial charge is 0.245 e. The van der Waals surface area contributed by atoms with Gasteiger partial charge < -0.3 is 20.0 Å². The SMILES string of the molecule is O=C(C1CC(N(Cc2cccs2)C(=O)C2CC2)CN1C(=O)C1CC1)N1CCNCC1. The summed E-state index contributed by atoms with van der Waals surface area (Å²) in [5.41, 5.74) is 0. The zero-order chi connectivity index (χ0) is 20.7. The van der Waals surface area contributed by atoms with E-state index in [1.807, 2.05) is 26.1 Å². The molecule has 2 aliphatic carbocycles. The van der Waals surface area contributed by atoms with Crippen molar-refractivity contribution >= 4 is 29.1 Å². The van der Waals surface area contributed by atoms with E-state index < -0.39 is 6.04 Å². The average molecular weight is 431 g/mol. The molecule has 7 nitrogen and oxygen atoms in total. The first kappa shape index (κ1) is 20.0. The van der Waals surface area contributed by atoms with Crippen LogP contribution in [0.5, 0.6) is 0 Å². The number of carbonyl (C=O) groups is 3. The van der Waals surface area contributed by atoms with Crippen LogP contribution in [0, 0.1) is 11.8 Å². The van der Waals surface area contributed by atoms with Crippen molar-refractivity contribution in [1.29, 1.82) is 0 Å². The first-order valence-electron chi connectivity index (χ1n) is 11.2. The molecule has 1 aromatic heterocycles. The maximum Gasteiger partial charge on any atom is 0.245 e. The predicted molar refractivity (Wildman–Crippen MR) is 114 cm³/mol. The lowest BCUT2D eigenvalue weighted by Gasteiger charge is -2.32. The number of nitrogens with one attached hydrogen (secondary N) is 1. The number of thiophene rings is 1. The van der Waals surface area contributed by atoms with Crippen LogP contribution < -0.4 is 5.32 Å². The molecule has 1 N–H and O–H groups in total. The number of hydrogen-bond donors (Lipinski definition) is 1. The number of hydrogen-bond acceptors (Lipinski definition) is 5. The summed E-state index contributed by atoms with van der Waals surface area (Å²) in [6.45, 7) is 4.03. The van der Waals surface area contributed by atoms with E-state index in [0.29, 0.717) is 32.6 Å². The molecule has 4 fully saturated rings. The summed E-state index contributed by atoms with van der Waals surface area (Å²) in [5, 5.41) is 5.31. The largest absolute Gasteiger partial charge is 0.338 e. The van der Waals surface area contributed by atoms with Gasteiger partial charge in [0.1, 0.15) is 6.04 Å². The van der Waals surface area contributed by atoms with Gasteiger partial charge in [-0.15, -0.1) is 11.3 Å². The molecule has 0 aromatic carbocycles. The molecule has 0 bridgehead atoms. The second kappa shape index (κ2) is 8.30. The molecule has 4 aliphatic rings. The molecule has 1 aromatic rings. The summed E-state index contributed by atoms with van der Waals surface area (Å²) in [4.78, 5) is 46.4. The maximum atomic E-state index is 13.4. The van der Waals surface area contributed by atoms with Gasteiger partial charge in [0, 0.05) is 49.4 Å². The molecule has 2 saturated carbocycles. The molecule has 2 saturated heterocycles. The van der Waals surface area contributed by atoms with Gasteiger partial charge in [-0.25, -0.2) is 0 Å². The van der Waals surface area contributed by atoms with Crippen molar-refractivity contribution in [3.63, 3.8) is 0 Å². The van der Waals surface area contributed by atoms with Gasteiger partial charge in [0.05, 0.1) is 12.6 Å². The molecule has 2 atom stereocenters. The predicted octanol–water partition coefficient (Wildman–Crippen LogP) is 1.30. The summed E-state index contributed by atoms with van der Waals surface area (Å²) < 4.78 is 0. The van der Waals surface area contributed by atoms with E-state index in [9.17, 15) is 14.4 Å². The Kier molecular flexibility index (Phi) is 5.54. The van der Waals surface area contributed by atoms with Gasteiger partial charge in [-0.1, -0.05) is 6.07 Å². The lowest BCUT2D eigenvalue weighted by atomic mass is 10.1. The van der Waals surface area contributed by atoms with Crippen molar-refractivity contribution in [3.05, 3.63) is 22.4 Å². The van der Waals surface area contributed by atoms with Crippen LogP contribution in [0.4, 0.5) is 0 Å². The van der Waals surface area contributed by atoms with Crippen LogP contribution in [-0.2, 0) is 20.9 Å². The maximum absolute atomic E-state index is 13.4. The van der Waals surface area contributed by atoms with E-state index in [2.05, 4.69) is 11.4 Å². The monoisotopic (exact) mass is 430 g/mol. The Morgan fingerprint density at radius 3 is 2.43 bits per heavy atom. The standard InChI is InChI=1S/C22H30N4O3S/c27-20(15-3-4-15)25(14-18-2-1-11-30-18)17-12-19(22(29)24-9-7-23-8-10-24)26(13-17)21(28)16-5-6-16/h1-2,11,15-17,19,23H,3-10,12-14H2. The van der Waals surface area contributed by atoms with E-state index in [-0.39, 0.29) is 35.6 Å². The van der Waals surface area contributed by atoms with E-state index >= 15 is 0 Å². The van der Waals surface area contributed by atoms with Crippen molar-refractivity contribution in [2.75, 3.05) is 32.7 Å². The third kappa shape index (κ3) is 4.12. The van der Waals surface area contributed by atoms with Crippen LogP contribution in [0.25, 0.3) is 0 Å². The Morgan fingerprint density at radius 2 is 1.80 bits per heavy atom. The lowest BCUT2D eigenvalue weighted by Crippen LogP contribution is -2.53. The van der Waals surface area contributed by atoms with Gasteiger partial charge in [0.2, 0.25) is 17.7 Å². The van der Waals surface area contributed by atoms with Crippen LogP contribution in [-0.4, -0.2) is 77.2 Å². The molecule has 8 heteroatoms. The Labute approximate surface area is 181 Å². The van der Waals surface area contributed by atoms with Crippen molar-refractivity contribution in [2.45, 2.75) is 50.7 Å². The van der Waals surface area contributed by atoms with Gasteiger partial charge in [-0.05, 0) is 43.6 Å². The van der Waals surface area contributed by atoms with Gasteiger partial charge in [0.15, 0.2) is 0 Å². The van der Waals surface area contributed by atoms with Crippen LogP contribution in [0.1, 0.15) is 37.0 Å². The highest BCUT2D eigenvalue weighted by Gasteiger charge is 2.48. The zero-order valence-corrected chi connectivity index (χ0v) is 18.1. The first-order chi connectivity index (χ1) is 14.6. The zero-order valence-electron chi connectivity index (χ0n) is 17.3. The molecule has 30 heavy (non-hydrogen) atoms. The van der Waals surface area contributed by atoms with Crippen LogP contribution in [0.3, 0.4) is 0 Å². The van der Waals surface area contributed by atoms with Gasteiger partial charge in [-0.3, -0.25) is 14.4 Å². The molecule has 0 radical (unpaired) electrons. The van der Waals surface area contributed by atoms with Gasteiger partial charge in [0.25, 0.3) is 0 Å². The Balaban J connectivity index is 1.37. The van der Waals surface area contributed by atoms with Crippen molar-refractivity contribution in [1.82, 2.24) is 20.0 Å². The normalized spacial score (nSPS) is 26.7. The molecule has 2 aliphatic heterocycles. The highest BCUT2D eigenvalue weighted by Crippen LogP contribution is 2.37. The summed E-state index contributed by atoms with van der Waals surface area (Å²) >= 11 is 1.65. The van der Waals surface area contributed by atoms with Crippen molar-refractivity contribution < 1.29 is 14.4 Å².